The molecule has 4 rings (SSSR count). The van der Waals surface area contributed by atoms with E-state index in [-0.39, 0.29) is 11.7 Å². The molecule has 3 aromatic rings. The number of hydrogen-bond donors (Lipinski definition) is 2. The molecule has 1 fully saturated rings. The van der Waals surface area contributed by atoms with Gasteiger partial charge in [-0.15, -0.1) is 0 Å². The molecule has 5 heteroatoms. The number of nitrogens with one attached hydrogen (secondary N) is 1. The van der Waals surface area contributed by atoms with E-state index in [4.69, 9.17) is 11.6 Å². The third kappa shape index (κ3) is 4.74. The second-order valence-electron chi connectivity index (χ2n) is 8.75. The van der Waals surface area contributed by atoms with Crippen molar-refractivity contribution in [3.63, 3.8) is 0 Å². The van der Waals surface area contributed by atoms with Gasteiger partial charge < -0.3 is 15.0 Å². The van der Waals surface area contributed by atoms with Crippen LogP contribution in [-0.4, -0.2) is 22.1 Å². The first-order valence-electron chi connectivity index (χ1n) is 11.4. The molecule has 2 aromatic carbocycles. The summed E-state index contributed by atoms with van der Waals surface area (Å²) in [5.74, 6) is 0.715. The first kappa shape index (κ1) is 21.8. The molecule has 1 aromatic heterocycles. The average molecular weight is 439 g/mol. The maximum atomic E-state index is 12.6. The van der Waals surface area contributed by atoms with Crippen LogP contribution in [0, 0.1) is 5.92 Å². The molecule has 1 heterocycles. The van der Waals surface area contributed by atoms with Crippen molar-refractivity contribution < 1.29 is 9.90 Å². The first-order valence-corrected chi connectivity index (χ1v) is 11.7. The number of aryl methyl sites for hydroxylation is 1. The van der Waals surface area contributed by atoms with Crippen LogP contribution in [0.5, 0.6) is 5.75 Å². The number of aromatic hydroxyl groups is 1. The van der Waals surface area contributed by atoms with Gasteiger partial charge in [0.2, 0.25) is 0 Å². The van der Waals surface area contributed by atoms with Crippen molar-refractivity contribution in [1.82, 2.24) is 9.88 Å². The molecule has 0 bridgehead atoms. The zero-order valence-corrected chi connectivity index (χ0v) is 18.9. The molecular weight excluding hydrogens is 408 g/mol. The smallest absolute Gasteiger partial charge is 0.255 e. The number of phenols is 1. The number of rotatable bonds is 6. The van der Waals surface area contributed by atoms with E-state index < -0.39 is 0 Å². The van der Waals surface area contributed by atoms with E-state index >= 15 is 0 Å². The van der Waals surface area contributed by atoms with Crippen molar-refractivity contribution in [2.75, 3.05) is 6.54 Å². The third-order valence-corrected chi connectivity index (χ3v) is 7.07. The van der Waals surface area contributed by atoms with Gasteiger partial charge in [0.15, 0.2) is 0 Å². The zero-order chi connectivity index (χ0) is 21.8. The molecule has 1 atom stereocenters. The van der Waals surface area contributed by atoms with Gasteiger partial charge >= 0.3 is 0 Å². The second-order valence-corrected chi connectivity index (χ2v) is 9.16. The highest BCUT2D eigenvalue weighted by atomic mass is 35.5. The fraction of sp³-hybridized carbons (Fsp3) is 0.423. The molecule has 1 aliphatic rings. The lowest BCUT2D eigenvalue weighted by Gasteiger charge is -2.27. The third-order valence-electron chi connectivity index (χ3n) is 6.75. The summed E-state index contributed by atoms with van der Waals surface area (Å²) in [6.07, 6.45) is 10.7. The Balaban J connectivity index is 1.58. The lowest BCUT2D eigenvalue weighted by atomic mass is 9.79. The first-order chi connectivity index (χ1) is 15.1. The highest BCUT2D eigenvalue weighted by molar-refractivity contribution is 6.35. The molecule has 1 unspecified atom stereocenters. The normalized spacial score (nSPS) is 16.2. The summed E-state index contributed by atoms with van der Waals surface area (Å²) in [5, 5.41) is 14.9. The summed E-state index contributed by atoms with van der Waals surface area (Å²) >= 11 is 6.66. The molecule has 4 nitrogen and oxygen atoms in total. The van der Waals surface area contributed by atoms with Crippen LogP contribution in [0.4, 0.5) is 0 Å². The molecule has 2 N–H and O–H groups in total. The number of para-hydroxylation sites is 1. The zero-order valence-electron chi connectivity index (χ0n) is 18.1. The molecule has 0 saturated heterocycles. The molecule has 164 valence electrons. The number of amides is 1. The molecule has 0 radical (unpaired) electrons. The van der Waals surface area contributed by atoms with Gasteiger partial charge in [0.25, 0.3) is 5.91 Å². The monoisotopic (exact) mass is 438 g/mol. The topological polar surface area (TPSA) is 54.3 Å². The summed E-state index contributed by atoms with van der Waals surface area (Å²) < 4.78 is 2.17. The standard InChI is InChI=1S/C26H31ClN2O2/c1-29-17-21(25-22(27)12-8-13-23(25)29)19(18-9-4-2-3-5-10-18)15-16-28-26(31)20-11-6-7-14-24(20)30/h6-8,11-14,17-19,30H,2-5,9-10,15-16H2,1H3,(H,28,31). The molecular formula is C26H31ClN2O2. The highest BCUT2D eigenvalue weighted by Crippen LogP contribution is 2.42. The minimum atomic E-state index is -0.228. The van der Waals surface area contributed by atoms with E-state index in [0.29, 0.717) is 23.9 Å². The van der Waals surface area contributed by atoms with Crippen molar-refractivity contribution in [1.29, 1.82) is 0 Å². The Morgan fingerprint density at radius 1 is 1.13 bits per heavy atom. The predicted octanol–water partition coefficient (Wildman–Crippen LogP) is 6.41. The molecule has 1 aliphatic carbocycles. The van der Waals surface area contributed by atoms with Crippen molar-refractivity contribution in [2.24, 2.45) is 13.0 Å². The van der Waals surface area contributed by atoms with Gasteiger partial charge in [-0.2, -0.15) is 0 Å². The van der Waals surface area contributed by atoms with Crippen LogP contribution in [0.15, 0.2) is 48.7 Å². The van der Waals surface area contributed by atoms with Gasteiger partial charge in [-0.05, 0) is 60.9 Å². The molecule has 0 spiro atoms. The van der Waals surface area contributed by atoms with E-state index in [9.17, 15) is 9.90 Å². The van der Waals surface area contributed by atoms with Gasteiger partial charge in [0.1, 0.15) is 5.75 Å². The van der Waals surface area contributed by atoms with E-state index in [0.717, 1.165) is 22.3 Å². The fourth-order valence-corrected chi connectivity index (χ4v) is 5.46. The number of hydrogen-bond acceptors (Lipinski definition) is 2. The van der Waals surface area contributed by atoms with Gasteiger partial charge in [-0.1, -0.05) is 55.5 Å². The SMILES string of the molecule is Cn1cc(C(CCNC(=O)c2ccccc2O)C2CCCCCC2)c2c(Cl)cccc21. The van der Waals surface area contributed by atoms with E-state index in [2.05, 4.69) is 29.2 Å². The maximum absolute atomic E-state index is 12.6. The van der Waals surface area contributed by atoms with Crippen LogP contribution >= 0.6 is 11.6 Å². The number of aromatic nitrogens is 1. The number of fused-ring (bicyclic) bond motifs is 1. The van der Waals surface area contributed by atoms with Gasteiger partial charge in [-0.3, -0.25) is 4.79 Å². The largest absolute Gasteiger partial charge is 0.507 e. The van der Waals surface area contributed by atoms with Crippen LogP contribution < -0.4 is 5.32 Å². The fourth-order valence-electron chi connectivity index (χ4n) is 5.18. The lowest BCUT2D eigenvalue weighted by molar-refractivity contribution is 0.0948. The van der Waals surface area contributed by atoms with E-state index in [1.807, 2.05) is 12.1 Å². The Kier molecular flexibility index (Phi) is 6.86. The highest BCUT2D eigenvalue weighted by Gasteiger charge is 2.28. The van der Waals surface area contributed by atoms with Crippen molar-refractivity contribution in [3.8, 4) is 5.75 Å². The van der Waals surface area contributed by atoms with Crippen LogP contribution in [0.2, 0.25) is 5.02 Å². The number of carbonyl (C=O) groups is 1. The summed E-state index contributed by atoms with van der Waals surface area (Å²) in [6, 6.07) is 12.8. The molecule has 1 amide bonds. The quantitative estimate of drug-likeness (QED) is 0.437. The minimum absolute atomic E-state index is 0.0150. The number of halogens is 1. The Morgan fingerprint density at radius 2 is 1.87 bits per heavy atom. The van der Waals surface area contributed by atoms with Gasteiger partial charge in [0, 0.05) is 30.7 Å². The van der Waals surface area contributed by atoms with E-state index in [1.165, 1.54) is 44.1 Å². The number of carbonyl (C=O) groups excluding carboxylic acids is 1. The predicted molar refractivity (Wildman–Crippen MR) is 127 cm³/mol. The number of benzene rings is 2. The van der Waals surface area contributed by atoms with Gasteiger partial charge in [0.05, 0.1) is 10.6 Å². The van der Waals surface area contributed by atoms with E-state index in [1.54, 1.807) is 24.3 Å². The Hall–Kier alpha value is -2.46. The summed E-state index contributed by atoms with van der Waals surface area (Å²) in [5.41, 5.74) is 2.77. The molecule has 0 aliphatic heterocycles. The molecule has 31 heavy (non-hydrogen) atoms. The average Bonchev–Trinajstić information content (AvgIpc) is 2.93. The van der Waals surface area contributed by atoms with Crippen LogP contribution in [-0.2, 0) is 7.05 Å². The lowest BCUT2D eigenvalue weighted by Crippen LogP contribution is -2.27. The van der Waals surface area contributed by atoms with Crippen LogP contribution in [0.1, 0.15) is 66.8 Å². The van der Waals surface area contributed by atoms with Crippen LogP contribution in [0.3, 0.4) is 0 Å². The Bertz CT molecular complexity index is 1050. The summed E-state index contributed by atoms with van der Waals surface area (Å²) in [4.78, 5) is 12.6. The van der Waals surface area contributed by atoms with Crippen molar-refractivity contribution in [3.05, 3.63) is 64.8 Å². The second kappa shape index (κ2) is 9.78. The Labute approximate surface area is 189 Å². The summed E-state index contributed by atoms with van der Waals surface area (Å²) in [7, 11) is 2.08. The van der Waals surface area contributed by atoms with Crippen molar-refractivity contribution >= 4 is 28.4 Å². The molecule has 1 saturated carbocycles. The minimum Gasteiger partial charge on any atom is -0.507 e. The summed E-state index contributed by atoms with van der Waals surface area (Å²) in [6.45, 7) is 0.565. The Morgan fingerprint density at radius 3 is 2.61 bits per heavy atom. The number of phenolic OH excluding ortho intramolecular Hbond substituents is 1. The maximum Gasteiger partial charge on any atom is 0.255 e. The number of nitrogens with zero attached hydrogens (tertiary/aromatic N) is 1. The van der Waals surface area contributed by atoms with Crippen molar-refractivity contribution in [2.45, 2.75) is 50.9 Å². The van der Waals surface area contributed by atoms with Gasteiger partial charge in [-0.25, -0.2) is 0 Å². The van der Waals surface area contributed by atoms with Crippen LogP contribution in [0.25, 0.3) is 10.9 Å².